The lowest BCUT2D eigenvalue weighted by atomic mass is 10.1. The standard InChI is InChI=1S/C13H13F3N2O3/c1-19-7-10(20-2)11-17-12(21-18-11)8-3-5-9(6-4-8)13(14,15)16/h3-6,10H,7H2,1-2H3. The monoisotopic (exact) mass is 302 g/mol. The summed E-state index contributed by atoms with van der Waals surface area (Å²) in [6.45, 7) is 0.239. The maximum Gasteiger partial charge on any atom is 0.416 e. The van der Waals surface area contributed by atoms with E-state index in [9.17, 15) is 13.2 Å². The van der Waals surface area contributed by atoms with Crippen molar-refractivity contribution in [1.29, 1.82) is 0 Å². The van der Waals surface area contributed by atoms with E-state index in [0.29, 0.717) is 5.56 Å². The van der Waals surface area contributed by atoms with Crippen LogP contribution in [-0.4, -0.2) is 31.0 Å². The summed E-state index contributed by atoms with van der Waals surface area (Å²) in [5.41, 5.74) is -0.339. The van der Waals surface area contributed by atoms with Crippen LogP contribution in [0.3, 0.4) is 0 Å². The van der Waals surface area contributed by atoms with Gasteiger partial charge in [-0.05, 0) is 24.3 Å². The number of aromatic nitrogens is 2. The van der Waals surface area contributed by atoms with Crippen molar-refractivity contribution in [3.05, 3.63) is 35.7 Å². The average molecular weight is 302 g/mol. The van der Waals surface area contributed by atoms with Crippen LogP contribution in [-0.2, 0) is 15.7 Å². The molecule has 2 aromatic rings. The van der Waals surface area contributed by atoms with E-state index in [1.54, 1.807) is 0 Å². The smallest absolute Gasteiger partial charge is 0.381 e. The molecule has 0 aliphatic rings. The van der Waals surface area contributed by atoms with Crippen molar-refractivity contribution < 1.29 is 27.2 Å². The average Bonchev–Trinajstić information content (AvgIpc) is 2.93. The third-order valence-electron chi connectivity index (χ3n) is 2.79. The SMILES string of the molecule is COCC(OC)c1noc(-c2ccc(C(F)(F)F)cc2)n1. The van der Waals surface area contributed by atoms with E-state index in [-0.39, 0.29) is 18.3 Å². The summed E-state index contributed by atoms with van der Waals surface area (Å²) in [5, 5.41) is 3.74. The van der Waals surface area contributed by atoms with E-state index in [4.69, 9.17) is 14.0 Å². The second-order valence-electron chi connectivity index (χ2n) is 4.21. The van der Waals surface area contributed by atoms with Crippen LogP contribution in [0.25, 0.3) is 11.5 Å². The van der Waals surface area contributed by atoms with Gasteiger partial charge in [-0.3, -0.25) is 0 Å². The molecule has 0 spiro atoms. The lowest BCUT2D eigenvalue weighted by molar-refractivity contribution is -0.137. The number of ether oxygens (including phenoxy) is 2. The quantitative estimate of drug-likeness (QED) is 0.849. The number of benzene rings is 1. The Morgan fingerprint density at radius 3 is 2.38 bits per heavy atom. The van der Waals surface area contributed by atoms with Crippen LogP contribution in [0.5, 0.6) is 0 Å². The molecule has 21 heavy (non-hydrogen) atoms. The highest BCUT2D eigenvalue weighted by atomic mass is 19.4. The van der Waals surface area contributed by atoms with E-state index in [1.807, 2.05) is 0 Å². The summed E-state index contributed by atoms with van der Waals surface area (Å²) in [4.78, 5) is 4.10. The number of halogens is 3. The van der Waals surface area contributed by atoms with Gasteiger partial charge in [0.05, 0.1) is 12.2 Å². The van der Waals surface area contributed by atoms with E-state index in [0.717, 1.165) is 12.1 Å². The number of hydrogen-bond donors (Lipinski definition) is 0. The maximum absolute atomic E-state index is 12.5. The van der Waals surface area contributed by atoms with Gasteiger partial charge in [-0.15, -0.1) is 0 Å². The fourth-order valence-electron chi connectivity index (χ4n) is 1.68. The Balaban J connectivity index is 2.21. The van der Waals surface area contributed by atoms with Gasteiger partial charge in [0, 0.05) is 19.8 Å². The van der Waals surface area contributed by atoms with Gasteiger partial charge in [0.2, 0.25) is 5.82 Å². The molecule has 0 bridgehead atoms. The molecule has 5 nitrogen and oxygen atoms in total. The molecule has 0 saturated carbocycles. The Morgan fingerprint density at radius 2 is 1.86 bits per heavy atom. The molecule has 1 unspecified atom stereocenters. The molecule has 0 aliphatic carbocycles. The minimum Gasteiger partial charge on any atom is -0.381 e. The van der Waals surface area contributed by atoms with Crippen molar-refractivity contribution in [1.82, 2.24) is 10.1 Å². The third kappa shape index (κ3) is 3.59. The van der Waals surface area contributed by atoms with E-state index >= 15 is 0 Å². The molecule has 8 heteroatoms. The topological polar surface area (TPSA) is 57.4 Å². The molecule has 0 amide bonds. The van der Waals surface area contributed by atoms with Gasteiger partial charge in [0.1, 0.15) is 6.10 Å². The number of alkyl halides is 3. The van der Waals surface area contributed by atoms with Crippen LogP contribution in [0.4, 0.5) is 13.2 Å². The van der Waals surface area contributed by atoms with Crippen LogP contribution < -0.4 is 0 Å². The summed E-state index contributed by atoms with van der Waals surface area (Å²) >= 11 is 0. The molecule has 0 aliphatic heterocycles. The van der Waals surface area contributed by atoms with Gasteiger partial charge >= 0.3 is 6.18 Å². The molecular weight excluding hydrogens is 289 g/mol. The van der Waals surface area contributed by atoms with Gasteiger partial charge in [0.15, 0.2) is 0 Å². The summed E-state index contributed by atoms with van der Waals surface area (Å²) in [7, 11) is 2.97. The first-order valence-electron chi connectivity index (χ1n) is 5.98. The number of nitrogens with zero attached hydrogens (tertiary/aromatic N) is 2. The van der Waals surface area contributed by atoms with Crippen LogP contribution >= 0.6 is 0 Å². The maximum atomic E-state index is 12.5. The predicted molar refractivity (Wildman–Crippen MR) is 66.4 cm³/mol. The minimum atomic E-state index is -4.38. The molecule has 0 saturated heterocycles. The van der Waals surface area contributed by atoms with Crippen molar-refractivity contribution in [2.24, 2.45) is 0 Å². The molecule has 2 rings (SSSR count). The lowest BCUT2D eigenvalue weighted by Gasteiger charge is -2.08. The van der Waals surface area contributed by atoms with E-state index in [1.165, 1.54) is 26.4 Å². The highest BCUT2D eigenvalue weighted by Crippen LogP contribution is 2.30. The van der Waals surface area contributed by atoms with Gasteiger partial charge in [0.25, 0.3) is 5.89 Å². The highest BCUT2D eigenvalue weighted by Gasteiger charge is 2.30. The Labute approximate surface area is 118 Å². The Hall–Kier alpha value is -1.93. The molecule has 0 radical (unpaired) electrons. The van der Waals surface area contributed by atoms with Crippen LogP contribution in [0.15, 0.2) is 28.8 Å². The van der Waals surface area contributed by atoms with Crippen molar-refractivity contribution in [2.75, 3.05) is 20.8 Å². The van der Waals surface area contributed by atoms with Gasteiger partial charge in [-0.1, -0.05) is 5.16 Å². The Bertz CT molecular complexity index is 581. The van der Waals surface area contributed by atoms with Crippen molar-refractivity contribution in [3.8, 4) is 11.5 Å². The summed E-state index contributed by atoms with van der Waals surface area (Å²) in [6.07, 6.45) is -4.88. The molecule has 0 fully saturated rings. The lowest BCUT2D eigenvalue weighted by Crippen LogP contribution is -2.10. The van der Waals surface area contributed by atoms with Crippen molar-refractivity contribution >= 4 is 0 Å². The molecule has 1 aromatic heterocycles. The summed E-state index contributed by atoms with van der Waals surface area (Å²) < 4.78 is 52.5. The normalized spacial score (nSPS) is 13.4. The van der Waals surface area contributed by atoms with Crippen LogP contribution in [0, 0.1) is 0 Å². The summed E-state index contributed by atoms with van der Waals surface area (Å²) in [5.74, 6) is 0.395. The minimum absolute atomic E-state index is 0.122. The fourth-order valence-corrected chi connectivity index (χ4v) is 1.68. The second kappa shape index (κ2) is 6.23. The molecule has 114 valence electrons. The fraction of sp³-hybridized carbons (Fsp3) is 0.385. The molecular formula is C13H13F3N2O3. The zero-order valence-corrected chi connectivity index (χ0v) is 11.3. The van der Waals surface area contributed by atoms with Crippen LogP contribution in [0.2, 0.25) is 0 Å². The zero-order chi connectivity index (χ0) is 15.5. The molecule has 1 atom stereocenters. The van der Waals surface area contributed by atoms with Crippen LogP contribution in [0.1, 0.15) is 17.5 Å². The number of rotatable bonds is 5. The Kier molecular flexibility index (Phi) is 4.59. The first-order valence-corrected chi connectivity index (χ1v) is 5.98. The first-order chi connectivity index (χ1) is 9.95. The third-order valence-corrected chi connectivity index (χ3v) is 2.79. The molecule has 1 aromatic carbocycles. The number of methoxy groups -OCH3 is 2. The highest BCUT2D eigenvalue weighted by molar-refractivity contribution is 5.53. The summed E-state index contributed by atoms with van der Waals surface area (Å²) in [6, 6.07) is 4.47. The largest absolute Gasteiger partial charge is 0.416 e. The van der Waals surface area contributed by atoms with Crippen molar-refractivity contribution in [3.63, 3.8) is 0 Å². The molecule has 0 N–H and O–H groups in total. The number of hydrogen-bond acceptors (Lipinski definition) is 5. The molecule has 1 heterocycles. The van der Waals surface area contributed by atoms with Gasteiger partial charge in [-0.2, -0.15) is 18.2 Å². The van der Waals surface area contributed by atoms with Crippen molar-refractivity contribution in [2.45, 2.75) is 12.3 Å². The van der Waals surface area contributed by atoms with E-state index < -0.39 is 17.8 Å². The van der Waals surface area contributed by atoms with Gasteiger partial charge in [-0.25, -0.2) is 0 Å². The second-order valence-corrected chi connectivity index (χ2v) is 4.21. The predicted octanol–water partition coefficient (Wildman–Crippen LogP) is 3.09. The van der Waals surface area contributed by atoms with Gasteiger partial charge < -0.3 is 14.0 Å². The van der Waals surface area contributed by atoms with E-state index in [2.05, 4.69) is 10.1 Å². The first kappa shape index (κ1) is 15.5. The zero-order valence-electron chi connectivity index (χ0n) is 11.3. The Morgan fingerprint density at radius 1 is 1.19 bits per heavy atom.